The number of nitrogens with one attached hydrogen (secondary N) is 1. The molecule has 1 aromatic heterocycles. The third-order valence-electron chi connectivity index (χ3n) is 3.94. The van der Waals surface area contributed by atoms with Crippen LogP contribution in [0, 0.1) is 0 Å². The maximum absolute atomic E-state index is 4.96. The Labute approximate surface area is 131 Å². The molecular formula is C17H23N3S. The van der Waals surface area contributed by atoms with Crippen LogP contribution in [0.2, 0.25) is 0 Å². The van der Waals surface area contributed by atoms with Crippen molar-refractivity contribution in [2.75, 3.05) is 18.5 Å². The molecule has 2 heterocycles. The molecule has 0 bridgehead atoms. The Morgan fingerprint density at radius 3 is 2.90 bits per heavy atom. The van der Waals surface area contributed by atoms with Crippen LogP contribution in [0.3, 0.4) is 0 Å². The predicted octanol–water partition coefficient (Wildman–Crippen LogP) is 4.07. The van der Waals surface area contributed by atoms with Crippen molar-refractivity contribution in [1.82, 2.24) is 10.3 Å². The Morgan fingerprint density at radius 2 is 2.14 bits per heavy atom. The highest BCUT2D eigenvalue weighted by atomic mass is 32.1. The van der Waals surface area contributed by atoms with E-state index in [2.05, 4.69) is 48.3 Å². The molecule has 0 amide bonds. The standard InChI is InChI=1S/C17H23N3S/c1-12(2)16-15(11-18-3)21-17(19-16)20-10-6-8-13-7-4-5-9-14(13)20/h4-5,7,9,12,18H,6,8,10-11H2,1-3H3. The van der Waals surface area contributed by atoms with Crippen LogP contribution in [-0.2, 0) is 13.0 Å². The molecule has 4 heteroatoms. The smallest absolute Gasteiger partial charge is 0.190 e. The molecule has 21 heavy (non-hydrogen) atoms. The van der Waals surface area contributed by atoms with Crippen LogP contribution in [0.1, 0.15) is 42.3 Å². The van der Waals surface area contributed by atoms with E-state index in [0.717, 1.165) is 18.2 Å². The van der Waals surface area contributed by atoms with E-state index in [0.29, 0.717) is 5.92 Å². The van der Waals surface area contributed by atoms with Gasteiger partial charge in [-0.1, -0.05) is 43.4 Å². The Morgan fingerprint density at radius 1 is 1.33 bits per heavy atom. The molecule has 0 aliphatic carbocycles. The van der Waals surface area contributed by atoms with E-state index in [1.54, 1.807) is 0 Å². The summed E-state index contributed by atoms with van der Waals surface area (Å²) >= 11 is 1.83. The van der Waals surface area contributed by atoms with E-state index in [1.165, 1.54) is 34.7 Å². The quantitative estimate of drug-likeness (QED) is 0.922. The van der Waals surface area contributed by atoms with Gasteiger partial charge in [0.05, 0.1) is 5.69 Å². The molecule has 0 spiro atoms. The van der Waals surface area contributed by atoms with E-state index < -0.39 is 0 Å². The topological polar surface area (TPSA) is 28.2 Å². The second-order valence-electron chi connectivity index (χ2n) is 5.87. The summed E-state index contributed by atoms with van der Waals surface area (Å²) in [6, 6.07) is 8.73. The molecule has 0 fully saturated rings. The lowest BCUT2D eigenvalue weighted by Crippen LogP contribution is -2.24. The first-order chi connectivity index (χ1) is 10.2. The molecule has 0 saturated heterocycles. The number of aryl methyl sites for hydroxylation is 1. The number of hydrogen-bond acceptors (Lipinski definition) is 4. The predicted molar refractivity (Wildman–Crippen MR) is 90.7 cm³/mol. The number of anilines is 2. The van der Waals surface area contributed by atoms with Crippen LogP contribution in [-0.4, -0.2) is 18.6 Å². The zero-order valence-corrected chi connectivity index (χ0v) is 13.8. The van der Waals surface area contributed by atoms with Crippen molar-refractivity contribution in [3.8, 4) is 0 Å². The third kappa shape index (κ3) is 2.83. The van der Waals surface area contributed by atoms with Crippen molar-refractivity contribution in [2.24, 2.45) is 0 Å². The van der Waals surface area contributed by atoms with Gasteiger partial charge in [0.25, 0.3) is 0 Å². The summed E-state index contributed by atoms with van der Waals surface area (Å²) in [5, 5.41) is 4.42. The summed E-state index contributed by atoms with van der Waals surface area (Å²) in [5.74, 6) is 0.471. The fraction of sp³-hybridized carbons (Fsp3) is 0.471. The lowest BCUT2D eigenvalue weighted by Gasteiger charge is -2.29. The summed E-state index contributed by atoms with van der Waals surface area (Å²) in [6.45, 7) is 6.42. The summed E-state index contributed by atoms with van der Waals surface area (Å²) in [6.07, 6.45) is 2.38. The van der Waals surface area contributed by atoms with Crippen molar-refractivity contribution in [1.29, 1.82) is 0 Å². The molecule has 2 aromatic rings. The van der Waals surface area contributed by atoms with Gasteiger partial charge in [0.2, 0.25) is 0 Å². The number of hydrogen-bond donors (Lipinski definition) is 1. The Balaban J connectivity index is 2.00. The molecule has 3 rings (SSSR count). The minimum atomic E-state index is 0.471. The first-order valence-electron chi connectivity index (χ1n) is 7.70. The average molecular weight is 301 g/mol. The van der Waals surface area contributed by atoms with Crippen LogP contribution in [0.4, 0.5) is 10.8 Å². The van der Waals surface area contributed by atoms with Gasteiger partial charge in [-0.15, -0.1) is 0 Å². The van der Waals surface area contributed by atoms with Crippen molar-refractivity contribution >= 4 is 22.2 Å². The van der Waals surface area contributed by atoms with Gasteiger partial charge in [0.15, 0.2) is 5.13 Å². The summed E-state index contributed by atoms with van der Waals surface area (Å²) < 4.78 is 0. The second kappa shape index (κ2) is 6.16. The lowest BCUT2D eigenvalue weighted by molar-refractivity contribution is 0.751. The molecule has 1 N–H and O–H groups in total. The van der Waals surface area contributed by atoms with Crippen molar-refractivity contribution in [2.45, 2.75) is 39.2 Å². The second-order valence-corrected chi connectivity index (χ2v) is 6.94. The van der Waals surface area contributed by atoms with E-state index in [-0.39, 0.29) is 0 Å². The van der Waals surface area contributed by atoms with Crippen LogP contribution < -0.4 is 10.2 Å². The van der Waals surface area contributed by atoms with Gasteiger partial charge >= 0.3 is 0 Å². The van der Waals surface area contributed by atoms with Gasteiger partial charge in [-0.3, -0.25) is 0 Å². The van der Waals surface area contributed by atoms with Crippen molar-refractivity contribution in [3.63, 3.8) is 0 Å². The van der Waals surface area contributed by atoms with E-state index >= 15 is 0 Å². The molecule has 1 aromatic carbocycles. The molecule has 0 atom stereocenters. The number of fused-ring (bicyclic) bond motifs is 1. The highest BCUT2D eigenvalue weighted by molar-refractivity contribution is 7.15. The maximum atomic E-state index is 4.96. The number of para-hydroxylation sites is 1. The minimum Gasteiger partial charge on any atom is -0.318 e. The van der Waals surface area contributed by atoms with E-state index in [9.17, 15) is 0 Å². The summed E-state index contributed by atoms with van der Waals surface area (Å²) in [7, 11) is 2.00. The van der Waals surface area contributed by atoms with Crippen LogP contribution in [0.5, 0.6) is 0 Å². The molecule has 1 aliphatic heterocycles. The normalized spacial score (nSPS) is 14.6. The summed E-state index contributed by atoms with van der Waals surface area (Å²) in [4.78, 5) is 8.72. The molecular weight excluding hydrogens is 278 g/mol. The number of nitrogens with zero attached hydrogens (tertiary/aromatic N) is 2. The van der Waals surface area contributed by atoms with Crippen LogP contribution in [0.25, 0.3) is 0 Å². The van der Waals surface area contributed by atoms with Gasteiger partial charge in [0, 0.05) is 23.7 Å². The van der Waals surface area contributed by atoms with Crippen LogP contribution in [0.15, 0.2) is 24.3 Å². The van der Waals surface area contributed by atoms with Gasteiger partial charge in [0.1, 0.15) is 0 Å². The van der Waals surface area contributed by atoms with Gasteiger partial charge in [-0.2, -0.15) is 0 Å². The third-order valence-corrected chi connectivity index (χ3v) is 5.04. The monoisotopic (exact) mass is 301 g/mol. The highest BCUT2D eigenvalue weighted by Crippen LogP contribution is 2.38. The van der Waals surface area contributed by atoms with Gasteiger partial charge in [-0.05, 0) is 37.4 Å². The first kappa shape index (κ1) is 14.5. The SMILES string of the molecule is CNCc1sc(N2CCCc3ccccc32)nc1C(C)C. The lowest BCUT2D eigenvalue weighted by atomic mass is 10.0. The molecule has 0 unspecified atom stereocenters. The number of benzene rings is 1. The van der Waals surface area contributed by atoms with Gasteiger partial charge < -0.3 is 10.2 Å². The van der Waals surface area contributed by atoms with Crippen molar-refractivity contribution in [3.05, 3.63) is 40.4 Å². The summed E-state index contributed by atoms with van der Waals surface area (Å²) in [5.41, 5.74) is 4.02. The zero-order valence-electron chi connectivity index (χ0n) is 13.0. The van der Waals surface area contributed by atoms with Crippen LogP contribution >= 0.6 is 11.3 Å². The Hall–Kier alpha value is -1.39. The fourth-order valence-electron chi connectivity index (χ4n) is 2.94. The number of aromatic nitrogens is 1. The average Bonchev–Trinajstić information content (AvgIpc) is 2.91. The largest absolute Gasteiger partial charge is 0.318 e. The van der Waals surface area contributed by atoms with E-state index in [4.69, 9.17) is 4.98 Å². The Kier molecular flexibility index (Phi) is 4.27. The molecule has 1 aliphatic rings. The van der Waals surface area contributed by atoms with Crippen molar-refractivity contribution < 1.29 is 0 Å². The zero-order chi connectivity index (χ0) is 14.8. The minimum absolute atomic E-state index is 0.471. The molecule has 112 valence electrons. The molecule has 3 nitrogen and oxygen atoms in total. The maximum Gasteiger partial charge on any atom is 0.190 e. The number of rotatable bonds is 4. The van der Waals surface area contributed by atoms with E-state index in [1.807, 2.05) is 18.4 Å². The molecule has 0 saturated carbocycles. The van der Waals surface area contributed by atoms with Gasteiger partial charge in [-0.25, -0.2) is 4.98 Å². The number of thiazole rings is 1. The Bertz CT molecular complexity index is 618. The highest BCUT2D eigenvalue weighted by Gasteiger charge is 2.23. The first-order valence-corrected chi connectivity index (χ1v) is 8.52. The molecule has 0 radical (unpaired) electrons. The fourth-order valence-corrected chi connectivity index (χ4v) is 4.20.